The largest absolute Gasteiger partial charge is 0.479 e. The van der Waals surface area contributed by atoms with Crippen LogP contribution in [0.4, 0.5) is 5.69 Å². The molecule has 0 aliphatic carbocycles. The number of carbonyl (C=O) groups is 1. The Morgan fingerprint density at radius 3 is 3.00 bits per heavy atom. The van der Waals surface area contributed by atoms with E-state index in [1.165, 1.54) is 0 Å². The number of hydrogen-bond acceptors (Lipinski definition) is 3. The maximum absolute atomic E-state index is 11.4. The second-order valence-electron chi connectivity index (χ2n) is 3.66. The number of anilines is 1. The molecule has 1 aromatic carbocycles. The van der Waals surface area contributed by atoms with E-state index >= 15 is 0 Å². The van der Waals surface area contributed by atoms with E-state index in [0.717, 1.165) is 11.3 Å². The number of amides is 1. The number of rotatable bonds is 2. The van der Waals surface area contributed by atoms with Crippen LogP contribution in [0, 0.1) is 0 Å². The highest BCUT2D eigenvalue weighted by atomic mass is 79.9. The van der Waals surface area contributed by atoms with Crippen LogP contribution >= 0.6 is 15.9 Å². The van der Waals surface area contributed by atoms with Crippen molar-refractivity contribution in [3.8, 4) is 5.75 Å². The molecule has 0 bridgehead atoms. The molecule has 1 aliphatic rings. The summed E-state index contributed by atoms with van der Waals surface area (Å²) in [7, 11) is 1.86. The van der Waals surface area contributed by atoms with Gasteiger partial charge in [0.15, 0.2) is 6.10 Å². The smallest absolute Gasteiger partial charge is 0.265 e. The molecule has 0 spiro atoms. The second kappa shape index (κ2) is 4.43. The summed E-state index contributed by atoms with van der Waals surface area (Å²) < 4.78 is 5.46. The molecule has 0 saturated carbocycles. The zero-order chi connectivity index (χ0) is 11.7. The molecule has 0 aromatic heterocycles. The molecule has 1 aliphatic heterocycles. The van der Waals surface area contributed by atoms with Crippen LogP contribution in [-0.4, -0.2) is 19.1 Å². The van der Waals surface area contributed by atoms with Crippen LogP contribution in [0.2, 0.25) is 0 Å². The molecular weight excluding hydrogens is 272 g/mol. The molecule has 16 heavy (non-hydrogen) atoms. The van der Waals surface area contributed by atoms with Gasteiger partial charge in [-0.05, 0) is 31.7 Å². The van der Waals surface area contributed by atoms with E-state index in [4.69, 9.17) is 4.74 Å². The highest BCUT2D eigenvalue weighted by Crippen LogP contribution is 2.33. The van der Waals surface area contributed by atoms with Gasteiger partial charge >= 0.3 is 0 Å². The summed E-state index contributed by atoms with van der Waals surface area (Å²) in [5, 5.41) is 5.89. The zero-order valence-electron chi connectivity index (χ0n) is 9.08. The summed E-state index contributed by atoms with van der Waals surface area (Å²) in [4.78, 5) is 11.5. The van der Waals surface area contributed by atoms with Crippen LogP contribution in [0.25, 0.3) is 0 Å². The van der Waals surface area contributed by atoms with Gasteiger partial charge in [-0.25, -0.2) is 0 Å². The minimum absolute atomic E-state index is 0.0639. The molecule has 0 fully saturated rings. The van der Waals surface area contributed by atoms with Crippen LogP contribution < -0.4 is 15.4 Å². The molecule has 2 atom stereocenters. The Hall–Kier alpha value is -1.07. The number of carbonyl (C=O) groups excluding carboxylic acids is 1. The predicted molar refractivity (Wildman–Crippen MR) is 65.9 cm³/mol. The van der Waals surface area contributed by atoms with Gasteiger partial charge in [0, 0.05) is 0 Å². The van der Waals surface area contributed by atoms with Crippen LogP contribution in [0.5, 0.6) is 5.75 Å². The first-order chi connectivity index (χ1) is 7.61. The summed E-state index contributed by atoms with van der Waals surface area (Å²) in [6.45, 7) is 1.73. The van der Waals surface area contributed by atoms with E-state index < -0.39 is 6.10 Å². The van der Waals surface area contributed by atoms with Crippen LogP contribution in [-0.2, 0) is 4.79 Å². The summed E-state index contributed by atoms with van der Waals surface area (Å²) in [6, 6.07) is 5.72. The molecule has 0 saturated heterocycles. The Kier molecular flexibility index (Phi) is 3.16. The molecule has 86 valence electrons. The Balaban J connectivity index is 2.32. The van der Waals surface area contributed by atoms with E-state index in [1.807, 2.05) is 25.2 Å². The van der Waals surface area contributed by atoms with Crippen molar-refractivity contribution >= 4 is 27.5 Å². The molecule has 4 nitrogen and oxygen atoms in total. The fourth-order valence-electron chi connectivity index (χ4n) is 1.55. The molecule has 5 heteroatoms. The van der Waals surface area contributed by atoms with Crippen LogP contribution in [0.3, 0.4) is 0 Å². The molecule has 1 heterocycles. The van der Waals surface area contributed by atoms with Crippen molar-refractivity contribution in [2.24, 2.45) is 0 Å². The summed E-state index contributed by atoms with van der Waals surface area (Å²) in [5.41, 5.74) is 1.76. The summed E-state index contributed by atoms with van der Waals surface area (Å²) >= 11 is 3.48. The number of hydrogen-bond donors (Lipinski definition) is 2. The number of benzene rings is 1. The van der Waals surface area contributed by atoms with Crippen molar-refractivity contribution in [3.63, 3.8) is 0 Å². The van der Waals surface area contributed by atoms with Crippen molar-refractivity contribution in [1.29, 1.82) is 0 Å². The predicted octanol–water partition coefficient (Wildman–Crippen LogP) is 2.02. The Morgan fingerprint density at radius 1 is 1.56 bits per heavy atom. The first-order valence-electron chi connectivity index (χ1n) is 5.04. The van der Waals surface area contributed by atoms with Gasteiger partial charge in [-0.15, -0.1) is 0 Å². The lowest BCUT2D eigenvalue weighted by Gasteiger charge is -2.24. The molecule has 1 amide bonds. The lowest BCUT2D eigenvalue weighted by molar-refractivity contribution is -0.122. The van der Waals surface area contributed by atoms with Gasteiger partial charge in [0.25, 0.3) is 5.91 Å². The number of ether oxygens (including phenoxy) is 1. The quantitative estimate of drug-likeness (QED) is 0.645. The Labute approximate surface area is 102 Å². The lowest BCUT2D eigenvalue weighted by atomic mass is 10.1. The fourth-order valence-corrected chi connectivity index (χ4v) is 1.84. The van der Waals surface area contributed by atoms with Gasteiger partial charge in [-0.3, -0.25) is 4.79 Å². The molecule has 1 aromatic rings. The first kappa shape index (κ1) is 11.4. The van der Waals surface area contributed by atoms with Gasteiger partial charge in [0.2, 0.25) is 0 Å². The molecule has 2 N–H and O–H groups in total. The number of fused-ring (bicyclic) bond motifs is 1. The van der Waals surface area contributed by atoms with Gasteiger partial charge in [-0.2, -0.15) is 0 Å². The SMILES string of the molecule is CNC(Br)c1ccc2c(c1)NC(=O)C(C)O2. The second-order valence-corrected chi connectivity index (χ2v) is 4.57. The van der Waals surface area contributed by atoms with Gasteiger partial charge in [0.05, 0.1) is 10.6 Å². The topological polar surface area (TPSA) is 50.4 Å². The third-order valence-corrected chi connectivity index (χ3v) is 3.47. The number of halogens is 1. The Morgan fingerprint density at radius 2 is 2.31 bits per heavy atom. The lowest BCUT2D eigenvalue weighted by Crippen LogP contribution is -2.34. The monoisotopic (exact) mass is 284 g/mol. The third kappa shape index (κ3) is 2.05. The third-order valence-electron chi connectivity index (χ3n) is 2.48. The van der Waals surface area contributed by atoms with E-state index in [-0.39, 0.29) is 10.9 Å². The number of alkyl halides is 1. The average Bonchev–Trinajstić information content (AvgIpc) is 2.29. The average molecular weight is 285 g/mol. The molecular formula is C11H13BrN2O2. The van der Waals surface area contributed by atoms with Crippen molar-refractivity contribution in [2.45, 2.75) is 18.0 Å². The van der Waals surface area contributed by atoms with Crippen LogP contribution in [0.1, 0.15) is 17.4 Å². The highest BCUT2D eigenvalue weighted by Gasteiger charge is 2.23. The maximum Gasteiger partial charge on any atom is 0.265 e. The summed E-state index contributed by atoms with van der Waals surface area (Å²) in [6.07, 6.45) is -0.428. The van der Waals surface area contributed by atoms with Crippen molar-refractivity contribution in [2.75, 3.05) is 12.4 Å². The van der Waals surface area contributed by atoms with Crippen molar-refractivity contribution in [3.05, 3.63) is 23.8 Å². The van der Waals surface area contributed by atoms with Gasteiger partial charge in [-0.1, -0.05) is 22.0 Å². The zero-order valence-corrected chi connectivity index (χ0v) is 10.7. The minimum atomic E-state index is -0.428. The van der Waals surface area contributed by atoms with Gasteiger partial charge < -0.3 is 15.4 Å². The highest BCUT2D eigenvalue weighted by molar-refractivity contribution is 9.09. The van der Waals surface area contributed by atoms with E-state index in [1.54, 1.807) is 6.92 Å². The maximum atomic E-state index is 11.4. The van der Waals surface area contributed by atoms with Crippen molar-refractivity contribution < 1.29 is 9.53 Å². The normalized spacial score (nSPS) is 20.7. The van der Waals surface area contributed by atoms with Crippen LogP contribution in [0.15, 0.2) is 18.2 Å². The fraction of sp³-hybridized carbons (Fsp3) is 0.364. The van der Waals surface area contributed by atoms with Crippen molar-refractivity contribution in [1.82, 2.24) is 5.32 Å². The molecule has 2 unspecified atom stereocenters. The van der Waals surface area contributed by atoms with Gasteiger partial charge in [0.1, 0.15) is 5.75 Å². The van der Waals surface area contributed by atoms with E-state index in [9.17, 15) is 4.79 Å². The molecule has 0 radical (unpaired) electrons. The standard InChI is InChI=1S/C11H13BrN2O2/c1-6-11(15)14-8-5-7(10(12)13-2)3-4-9(8)16-6/h3-6,10,13H,1-2H3,(H,14,15). The first-order valence-corrected chi connectivity index (χ1v) is 5.96. The minimum Gasteiger partial charge on any atom is -0.479 e. The van der Waals surface area contributed by atoms with E-state index in [2.05, 4.69) is 26.6 Å². The Bertz CT molecular complexity index is 422. The summed E-state index contributed by atoms with van der Waals surface area (Å²) in [5.74, 6) is 0.604. The molecule has 2 rings (SSSR count). The van der Waals surface area contributed by atoms with E-state index in [0.29, 0.717) is 5.75 Å². The number of nitrogens with one attached hydrogen (secondary N) is 2.